The van der Waals surface area contributed by atoms with E-state index in [2.05, 4.69) is 5.32 Å². The Labute approximate surface area is 212 Å². The molecule has 0 spiro atoms. The van der Waals surface area contributed by atoms with Crippen LogP contribution < -0.4 is 30.0 Å². The van der Waals surface area contributed by atoms with Gasteiger partial charge in [0.1, 0.15) is 16.9 Å². The second kappa shape index (κ2) is 9.57. The monoisotopic (exact) mass is 499 g/mol. The first kappa shape index (κ1) is 23.7. The first-order valence-corrected chi connectivity index (χ1v) is 11.3. The van der Waals surface area contributed by atoms with Gasteiger partial charge < -0.3 is 30.0 Å². The normalized spacial score (nSPS) is 10.9. The first-order valence-electron chi connectivity index (χ1n) is 11.3. The van der Waals surface area contributed by atoms with Crippen molar-refractivity contribution < 1.29 is 23.7 Å². The number of para-hydroxylation sites is 2. The van der Waals surface area contributed by atoms with Gasteiger partial charge in [0.15, 0.2) is 28.6 Å². The Bertz CT molecular complexity index is 1650. The highest BCUT2D eigenvalue weighted by Crippen LogP contribution is 2.36. The van der Waals surface area contributed by atoms with Crippen molar-refractivity contribution in [1.29, 1.82) is 0 Å². The van der Waals surface area contributed by atoms with Gasteiger partial charge in [0.05, 0.1) is 45.2 Å². The lowest BCUT2D eigenvalue weighted by Crippen LogP contribution is -2.14. The van der Waals surface area contributed by atoms with E-state index in [0.717, 1.165) is 0 Å². The summed E-state index contributed by atoms with van der Waals surface area (Å²) in [7, 11) is 6.18. The fourth-order valence-electron chi connectivity index (χ4n) is 4.22. The lowest BCUT2D eigenvalue weighted by molar-refractivity contribution is 0.102. The number of hydrogen-bond donors (Lipinski definition) is 2. The summed E-state index contributed by atoms with van der Waals surface area (Å²) in [5.41, 5.74) is 10.1. The predicted molar refractivity (Wildman–Crippen MR) is 141 cm³/mol. The zero-order valence-electron chi connectivity index (χ0n) is 20.7. The number of ether oxygens (including phenoxy) is 4. The van der Waals surface area contributed by atoms with E-state index in [-0.39, 0.29) is 11.4 Å². The maximum absolute atomic E-state index is 13.6. The molecule has 0 atom stereocenters. The van der Waals surface area contributed by atoms with Gasteiger partial charge in [-0.15, -0.1) is 0 Å². The summed E-state index contributed by atoms with van der Waals surface area (Å²) in [6.07, 6.45) is 0. The molecule has 0 fully saturated rings. The fraction of sp³-hybridized carbons (Fsp3) is 0.148. The van der Waals surface area contributed by atoms with E-state index < -0.39 is 5.91 Å². The molecule has 10 nitrogen and oxygen atoms in total. The van der Waals surface area contributed by atoms with Crippen molar-refractivity contribution in [3.63, 3.8) is 0 Å². The summed E-state index contributed by atoms with van der Waals surface area (Å²) in [6, 6.07) is 17.9. The standard InChI is InChI=1S/C27H25N5O5/c1-34-19-11-9-15(13-21(19)36-3)29-27(33)23-24-26(31-18-8-6-5-7-17(18)30-24)32(25(23)28)16-10-12-20(35-2)22(14-16)37-4/h5-14H,28H2,1-4H3,(H,29,33). The molecule has 0 aliphatic rings. The molecule has 5 rings (SSSR count). The number of nitrogen functional groups attached to an aromatic ring is 1. The Hall–Kier alpha value is -4.99. The lowest BCUT2D eigenvalue weighted by atomic mass is 10.2. The Balaban J connectivity index is 1.70. The van der Waals surface area contributed by atoms with Gasteiger partial charge >= 0.3 is 0 Å². The molecule has 5 aromatic rings. The highest BCUT2D eigenvalue weighted by atomic mass is 16.5. The van der Waals surface area contributed by atoms with Crippen LogP contribution in [0.4, 0.5) is 11.5 Å². The number of benzene rings is 3. The van der Waals surface area contributed by atoms with Crippen molar-refractivity contribution in [2.45, 2.75) is 0 Å². The average Bonchev–Trinajstić information content (AvgIpc) is 3.21. The second-order valence-electron chi connectivity index (χ2n) is 8.04. The molecule has 0 unspecified atom stereocenters. The van der Waals surface area contributed by atoms with Gasteiger partial charge in [0, 0.05) is 17.8 Å². The van der Waals surface area contributed by atoms with E-state index in [4.69, 9.17) is 34.6 Å². The number of nitrogens with zero attached hydrogens (tertiary/aromatic N) is 3. The fourth-order valence-corrected chi connectivity index (χ4v) is 4.22. The van der Waals surface area contributed by atoms with Gasteiger partial charge in [0.25, 0.3) is 5.91 Å². The quantitative estimate of drug-likeness (QED) is 0.337. The highest BCUT2D eigenvalue weighted by molar-refractivity contribution is 6.16. The number of carbonyl (C=O) groups excluding carboxylic acids is 1. The number of amides is 1. The molecular weight excluding hydrogens is 474 g/mol. The van der Waals surface area contributed by atoms with Crippen LogP contribution in [-0.2, 0) is 0 Å². The zero-order chi connectivity index (χ0) is 26.1. The molecule has 188 valence electrons. The molecule has 3 N–H and O–H groups in total. The molecule has 10 heteroatoms. The molecule has 0 aliphatic heterocycles. The third kappa shape index (κ3) is 4.08. The number of aromatic nitrogens is 3. The summed E-state index contributed by atoms with van der Waals surface area (Å²) in [4.78, 5) is 23.2. The number of nitrogens with one attached hydrogen (secondary N) is 1. The van der Waals surface area contributed by atoms with Crippen LogP contribution >= 0.6 is 0 Å². The summed E-state index contributed by atoms with van der Waals surface area (Å²) in [5, 5.41) is 2.89. The third-order valence-electron chi connectivity index (χ3n) is 5.99. The minimum absolute atomic E-state index is 0.176. The number of hydrogen-bond acceptors (Lipinski definition) is 8. The smallest absolute Gasteiger partial charge is 0.261 e. The molecule has 37 heavy (non-hydrogen) atoms. The van der Waals surface area contributed by atoms with Crippen LogP contribution in [0.5, 0.6) is 23.0 Å². The highest BCUT2D eigenvalue weighted by Gasteiger charge is 2.26. The van der Waals surface area contributed by atoms with Crippen LogP contribution in [0, 0.1) is 0 Å². The maximum atomic E-state index is 13.6. The average molecular weight is 500 g/mol. The first-order chi connectivity index (χ1) is 18.0. The van der Waals surface area contributed by atoms with Crippen LogP contribution in [0.25, 0.3) is 27.9 Å². The minimum atomic E-state index is -0.446. The number of methoxy groups -OCH3 is 4. The van der Waals surface area contributed by atoms with E-state index in [1.807, 2.05) is 30.3 Å². The van der Waals surface area contributed by atoms with Crippen molar-refractivity contribution in [3.8, 4) is 28.7 Å². The van der Waals surface area contributed by atoms with Crippen LogP contribution in [0.1, 0.15) is 10.4 Å². The number of anilines is 2. The molecule has 2 aromatic heterocycles. The van der Waals surface area contributed by atoms with Gasteiger partial charge in [-0.3, -0.25) is 9.36 Å². The van der Waals surface area contributed by atoms with E-state index >= 15 is 0 Å². The summed E-state index contributed by atoms with van der Waals surface area (Å²) < 4.78 is 23.2. The molecule has 2 heterocycles. The summed E-state index contributed by atoms with van der Waals surface area (Å²) in [5.74, 6) is 1.82. The van der Waals surface area contributed by atoms with Gasteiger partial charge in [-0.05, 0) is 36.4 Å². The summed E-state index contributed by atoms with van der Waals surface area (Å²) in [6.45, 7) is 0. The lowest BCUT2D eigenvalue weighted by Gasteiger charge is -2.12. The van der Waals surface area contributed by atoms with Crippen LogP contribution in [0.3, 0.4) is 0 Å². The Morgan fingerprint density at radius 2 is 1.38 bits per heavy atom. The van der Waals surface area contributed by atoms with Gasteiger partial charge in [-0.1, -0.05) is 12.1 Å². The molecule has 1 amide bonds. The van der Waals surface area contributed by atoms with Crippen molar-refractivity contribution in [3.05, 3.63) is 66.2 Å². The number of fused-ring (bicyclic) bond motifs is 2. The molecule has 0 saturated heterocycles. The molecule has 0 aliphatic carbocycles. The predicted octanol–water partition coefficient (Wildman–Crippen LogP) is 4.44. The van der Waals surface area contributed by atoms with Crippen molar-refractivity contribution in [2.24, 2.45) is 0 Å². The van der Waals surface area contributed by atoms with Crippen LogP contribution in [0.15, 0.2) is 60.7 Å². The number of carbonyl (C=O) groups is 1. The Morgan fingerprint density at radius 3 is 2.03 bits per heavy atom. The van der Waals surface area contributed by atoms with E-state index in [0.29, 0.717) is 56.6 Å². The second-order valence-corrected chi connectivity index (χ2v) is 8.04. The maximum Gasteiger partial charge on any atom is 0.261 e. The Kier molecular flexibility index (Phi) is 6.14. The SMILES string of the molecule is COc1ccc(NC(=O)c2c(N)n(-c3ccc(OC)c(OC)c3)c3nc4ccccc4nc23)cc1OC. The van der Waals surface area contributed by atoms with E-state index in [1.54, 1.807) is 56.2 Å². The van der Waals surface area contributed by atoms with E-state index in [9.17, 15) is 4.79 Å². The topological polar surface area (TPSA) is 123 Å². The van der Waals surface area contributed by atoms with Gasteiger partial charge in [-0.25, -0.2) is 9.97 Å². The van der Waals surface area contributed by atoms with Crippen molar-refractivity contribution in [2.75, 3.05) is 39.5 Å². The zero-order valence-corrected chi connectivity index (χ0v) is 20.7. The van der Waals surface area contributed by atoms with Crippen molar-refractivity contribution in [1.82, 2.24) is 14.5 Å². The molecular formula is C27H25N5O5. The minimum Gasteiger partial charge on any atom is -0.493 e. The third-order valence-corrected chi connectivity index (χ3v) is 5.99. The largest absolute Gasteiger partial charge is 0.493 e. The number of nitrogens with two attached hydrogens (primary N) is 1. The molecule has 0 radical (unpaired) electrons. The van der Waals surface area contributed by atoms with Crippen molar-refractivity contribution >= 4 is 39.6 Å². The van der Waals surface area contributed by atoms with Crippen LogP contribution in [0.2, 0.25) is 0 Å². The van der Waals surface area contributed by atoms with Gasteiger partial charge in [-0.2, -0.15) is 0 Å². The Morgan fingerprint density at radius 1 is 0.784 bits per heavy atom. The van der Waals surface area contributed by atoms with Crippen LogP contribution in [-0.4, -0.2) is 48.9 Å². The van der Waals surface area contributed by atoms with Gasteiger partial charge in [0.2, 0.25) is 0 Å². The summed E-state index contributed by atoms with van der Waals surface area (Å²) >= 11 is 0. The molecule has 3 aromatic carbocycles. The molecule has 0 bridgehead atoms. The number of rotatable bonds is 7. The van der Waals surface area contributed by atoms with E-state index in [1.165, 1.54) is 7.11 Å². The molecule has 0 saturated carbocycles.